The van der Waals surface area contributed by atoms with Crippen LogP contribution in [0.5, 0.6) is 5.75 Å². The van der Waals surface area contributed by atoms with Crippen molar-refractivity contribution < 1.29 is 26.2 Å². The van der Waals surface area contributed by atoms with Gasteiger partial charge in [-0.25, -0.2) is 0 Å². The van der Waals surface area contributed by atoms with E-state index in [1.165, 1.54) is 21.9 Å². The molecule has 0 atom stereocenters. The summed E-state index contributed by atoms with van der Waals surface area (Å²) in [6.07, 6.45) is 5.61. The molecule has 322 valence electrons. The molecule has 6 aromatic carbocycles. The second-order valence-electron chi connectivity index (χ2n) is 18.7. The van der Waals surface area contributed by atoms with E-state index in [-0.39, 0.29) is 37.6 Å². The number of hydrogen-bond acceptors (Lipinski definition) is 4. The van der Waals surface area contributed by atoms with Crippen LogP contribution in [-0.4, -0.2) is 24.6 Å². The van der Waals surface area contributed by atoms with Gasteiger partial charge in [-0.15, -0.1) is 24.3 Å². The zero-order valence-corrected chi connectivity index (χ0v) is 39.6. The number of benzene rings is 6. The fourth-order valence-corrected chi connectivity index (χ4v) is 8.71. The van der Waals surface area contributed by atoms with Gasteiger partial charge in [0.1, 0.15) is 5.75 Å². The first-order chi connectivity index (χ1) is 30.9. The molecule has 0 unspecified atom stereocenters. The molecule has 0 aliphatic rings. The SMILES string of the molecule is CC(C)(C)c1cc(-c2cc(-c3[c-]c(-c4cc(-c5cccc6c7ccccc7n(-c7cccc(-c8cccnc8)c7)c56)ccn4)ccc3)nc(-c3ccccc3O)c2)cc(C(C)(C)C)c1.[Pt]. The van der Waals surface area contributed by atoms with Crippen molar-refractivity contribution in [2.75, 3.05) is 0 Å². The number of rotatable bonds is 7. The van der Waals surface area contributed by atoms with Crippen LogP contribution in [-0.2, 0) is 31.9 Å². The van der Waals surface area contributed by atoms with Crippen LogP contribution in [0, 0.1) is 6.07 Å². The third-order valence-electron chi connectivity index (χ3n) is 12.2. The Labute approximate surface area is 395 Å². The number of aromatic nitrogens is 4. The van der Waals surface area contributed by atoms with Gasteiger partial charge in [-0.2, -0.15) is 0 Å². The van der Waals surface area contributed by atoms with Crippen molar-refractivity contribution in [3.05, 3.63) is 200 Å². The van der Waals surface area contributed by atoms with Gasteiger partial charge in [-0.05, 0) is 92.7 Å². The fourth-order valence-electron chi connectivity index (χ4n) is 8.71. The van der Waals surface area contributed by atoms with Gasteiger partial charge in [0.15, 0.2) is 0 Å². The molecule has 5 nitrogen and oxygen atoms in total. The molecule has 0 saturated heterocycles. The first-order valence-electron chi connectivity index (χ1n) is 21.9. The van der Waals surface area contributed by atoms with E-state index in [0.717, 1.165) is 72.6 Å². The molecule has 0 saturated carbocycles. The number of phenolic OH excluding ortho intramolecular Hbond substituents is 1. The summed E-state index contributed by atoms with van der Waals surface area (Å²) in [4.78, 5) is 14.5. The Morgan fingerprint density at radius 2 is 1.12 bits per heavy atom. The van der Waals surface area contributed by atoms with Gasteiger partial charge in [-0.3, -0.25) is 15.0 Å². The summed E-state index contributed by atoms with van der Waals surface area (Å²) in [7, 11) is 0. The van der Waals surface area contributed by atoms with Crippen LogP contribution in [0.25, 0.3) is 94.6 Å². The van der Waals surface area contributed by atoms with Crippen LogP contribution in [0.2, 0.25) is 0 Å². The molecular weight excluding hydrogens is 976 g/mol. The Bertz CT molecular complexity index is 3340. The van der Waals surface area contributed by atoms with E-state index in [2.05, 4.69) is 191 Å². The topological polar surface area (TPSA) is 63.8 Å². The van der Waals surface area contributed by atoms with Gasteiger partial charge in [0, 0.05) is 84.2 Å². The molecule has 0 radical (unpaired) electrons. The quantitative estimate of drug-likeness (QED) is 0.162. The molecule has 0 spiro atoms. The predicted octanol–water partition coefficient (Wildman–Crippen LogP) is 15.1. The molecule has 4 heterocycles. The molecule has 0 amide bonds. The number of pyridine rings is 3. The third-order valence-corrected chi connectivity index (χ3v) is 12.2. The Balaban J connectivity index is 0.00000533. The molecule has 0 fully saturated rings. The molecule has 10 rings (SSSR count). The Morgan fingerprint density at radius 3 is 1.88 bits per heavy atom. The summed E-state index contributed by atoms with van der Waals surface area (Å²) in [5.41, 5.74) is 16.9. The second-order valence-corrected chi connectivity index (χ2v) is 18.7. The number of phenols is 1. The molecule has 65 heavy (non-hydrogen) atoms. The van der Waals surface area contributed by atoms with Crippen LogP contribution < -0.4 is 0 Å². The molecule has 10 aromatic rings. The first kappa shape index (κ1) is 43.3. The van der Waals surface area contributed by atoms with Crippen molar-refractivity contribution in [1.82, 2.24) is 19.5 Å². The van der Waals surface area contributed by atoms with Crippen LogP contribution >= 0.6 is 0 Å². The van der Waals surface area contributed by atoms with Crippen molar-refractivity contribution >= 4 is 21.8 Å². The average Bonchev–Trinajstić information content (AvgIpc) is 3.66. The molecule has 0 aliphatic heterocycles. The summed E-state index contributed by atoms with van der Waals surface area (Å²) in [6, 6.07) is 60.7. The fraction of sp³-hybridized carbons (Fsp3) is 0.136. The summed E-state index contributed by atoms with van der Waals surface area (Å²) >= 11 is 0. The maximum absolute atomic E-state index is 11.1. The monoisotopic (exact) mass is 1020 g/mol. The van der Waals surface area contributed by atoms with E-state index in [1.54, 1.807) is 6.07 Å². The average molecular weight is 1030 g/mol. The largest absolute Gasteiger partial charge is 0.507 e. The number of nitrogens with zero attached hydrogens (tertiary/aromatic N) is 4. The van der Waals surface area contributed by atoms with Crippen molar-refractivity contribution in [3.63, 3.8) is 0 Å². The van der Waals surface area contributed by atoms with Crippen LogP contribution in [0.3, 0.4) is 0 Å². The Morgan fingerprint density at radius 1 is 0.492 bits per heavy atom. The zero-order chi connectivity index (χ0) is 44.2. The zero-order valence-electron chi connectivity index (χ0n) is 37.4. The number of hydrogen-bond donors (Lipinski definition) is 1. The maximum atomic E-state index is 11.1. The maximum Gasteiger partial charge on any atom is 0.124 e. The summed E-state index contributed by atoms with van der Waals surface area (Å²) in [5.74, 6) is 0.186. The minimum Gasteiger partial charge on any atom is -0.507 e. The number of para-hydroxylation sites is 3. The molecule has 1 N–H and O–H groups in total. The first-order valence-corrected chi connectivity index (χ1v) is 21.9. The van der Waals surface area contributed by atoms with E-state index < -0.39 is 0 Å². The normalized spacial score (nSPS) is 11.8. The van der Waals surface area contributed by atoms with Crippen LogP contribution in [0.4, 0.5) is 0 Å². The summed E-state index contributed by atoms with van der Waals surface area (Å²) in [5, 5.41) is 13.5. The minimum absolute atomic E-state index is 0. The minimum atomic E-state index is -0.0521. The Kier molecular flexibility index (Phi) is 11.5. The molecule has 0 bridgehead atoms. The second kappa shape index (κ2) is 17.2. The number of fused-ring (bicyclic) bond motifs is 3. The summed E-state index contributed by atoms with van der Waals surface area (Å²) in [6.45, 7) is 13.6. The molecular formula is C59H49N4OPt-. The van der Waals surface area contributed by atoms with Gasteiger partial charge >= 0.3 is 0 Å². The van der Waals surface area contributed by atoms with Gasteiger partial charge < -0.3 is 9.67 Å². The third kappa shape index (κ3) is 8.45. The predicted molar refractivity (Wildman–Crippen MR) is 265 cm³/mol. The number of aromatic hydroxyl groups is 1. The van der Waals surface area contributed by atoms with Gasteiger partial charge in [0.2, 0.25) is 0 Å². The van der Waals surface area contributed by atoms with E-state index in [1.807, 2.05) is 42.9 Å². The Hall–Kier alpha value is -6.94. The summed E-state index contributed by atoms with van der Waals surface area (Å²) < 4.78 is 2.38. The van der Waals surface area contributed by atoms with Gasteiger partial charge in [0.25, 0.3) is 0 Å². The molecule has 6 heteroatoms. The van der Waals surface area contributed by atoms with Crippen molar-refractivity contribution in [1.29, 1.82) is 0 Å². The van der Waals surface area contributed by atoms with E-state index >= 15 is 0 Å². The molecule has 0 aliphatic carbocycles. The van der Waals surface area contributed by atoms with E-state index in [0.29, 0.717) is 11.3 Å². The van der Waals surface area contributed by atoms with E-state index in [4.69, 9.17) is 9.97 Å². The van der Waals surface area contributed by atoms with E-state index in [9.17, 15) is 5.11 Å². The van der Waals surface area contributed by atoms with Crippen molar-refractivity contribution in [2.45, 2.75) is 52.4 Å². The van der Waals surface area contributed by atoms with Crippen LogP contribution in [0.1, 0.15) is 52.7 Å². The van der Waals surface area contributed by atoms with Crippen molar-refractivity contribution in [2.24, 2.45) is 0 Å². The molecule has 4 aromatic heterocycles. The van der Waals surface area contributed by atoms with Crippen LogP contribution in [0.15, 0.2) is 182 Å². The van der Waals surface area contributed by atoms with Gasteiger partial charge in [0.05, 0.1) is 16.7 Å². The standard InChI is InChI=1S/C59H49N4O.Pt/c1-58(2,3)45-30-43(31-46(36-45)59(4,5)6)44-34-53(62-54(35-44)51-21-8-10-25-56(51)64)41-17-11-16-40(29-41)52-33-39(26-28-61-52)48-22-13-23-50-49-20-7-9-24-55(49)63(57(48)50)47-19-12-15-38(32-47)42-18-14-27-60-37-42;/h7-28,30-37,64H,1-6H3;/q-1;. The van der Waals surface area contributed by atoms with Gasteiger partial charge in [-0.1, -0.05) is 150 Å². The smallest absolute Gasteiger partial charge is 0.124 e. The van der Waals surface area contributed by atoms with Crippen molar-refractivity contribution in [3.8, 4) is 78.6 Å².